The summed E-state index contributed by atoms with van der Waals surface area (Å²) in [6.45, 7) is 8.91. The molecule has 13 heavy (non-hydrogen) atoms. The molecule has 0 saturated heterocycles. The van der Waals surface area contributed by atoms with Gasteiger partial charge in [0.25, 0.3) is 0 Å². The van der Waals surface area contributed by atoms with E-state index >= 15 is 0 Å². The first-order valence-corrected chi connectivity index (χ1v) is 5.54. The standard InChI is InChI=1S/C8H14N3OP/c1-5-12-7-6(8(2,3)4)13(7)11-10-9/h5H2,1-4H3. The second-order valence-electron chi connectivity index (χ2n) is 3.83. The van der Waals surface area contributed by atoms with E-state index in [1.54, 1.807) is 0 Å². The molecule has 0 aromatic carbocycles. The van der Waals surface area contributed by atoms with E-state index in [-0.39, 0.29) is 5.41 Å². The van der Waals surface area contributed by atoms with Crippen molar-refractivity contribution in [3.8, 4) is 0 Å². The molecule has 72 valence electrons. The summed E-state index contributed by atoms with van der Waals surface area (Å²) >= 11 is 0. The Morgan fingerprint density at radius 3 is 2.54 bits per heavy atom. The SMILES string of the molecule is CCOC1=C(C(C)(C)C)P1N=[N+]=[N-]. The van der Waals surface area contributed by atoms with Crippen LogP contribution in [-0.2, 0) is 4.74 Å². The Morgan fingerprint density at radius 1 is 1.54 bits per heavy atom. The highest BCUT2D eigenvalue weighted by Gasteiger charge is 2.45. The van der Waals surface area contributed by atoms with Crippen LogP contribution in [0.2, 0.25) is 0 Å². The van der Waals surface area contributed by atoms with Gasteiger partial charge in [-0.2, -0.15) is 0 Å². The fourth-order valence-corrected chi connectivity index (χ4v) is 3.13. The lowest BCUT2D eigenvalue weighted by molar-refractivity contribution is 0.258. The Labute approximate surface area is 79.4 Å². The van der Waals surface area contributed by atoms with Crippen molar-refractivity contribution in [3.63, 3.8) is 0 Å². The van der Waals surface area contributed by atoms with E-state index in [1.165, 1.54) is 5.31 Å². The minimum atomic E-state index is -0.752. The molecule has 1 aliphatic heterocycles. The first-order valence-electron chi connectivity index (χ1n) is 4.25. The highest BCUT2D eigenvalue weighted by Crippen LogP contribution is 2.76. The van der Waals surface area contributed by atoms with Crippen LogP contribution in [-0.4, -0.2) is 6.61 Å². The number of azide groups is 1. The topological polar surface area (TPSA) is 58.0 Å². The Kier molecular flexibility index (Phi) is 2.84. The van der Waals surface area contributed by atoms with Crippen LogP contribution < -0.4 is 0 Å². The molecule has 0 aromatic rings. The number of hydrogen-bond donors (Lipinski definition) is 0. The lowest BCUT2D eigenvalue weighted by Crippen LogP contribution is -2.00. The second-order valence-corrected chi connectivity index (χ2v) is 5.48. The molecule has 0 spiro atoms. The molecule has 1 atom stereocenters. The van der Waals surface area contributed by atoms with Gasteiger partial charge in [-0.05, 0) is 17.9 Å². The third-order valence-electron chi connectivity index (χ3n) is 1.68. The first-order chi connectivity index (χ1) is 6.02. The molecule has 0 aliphatic carbocycles. The molecule has 1 rings (SSSR count). The molecular formula is C8H14N3OP. The lowest BCUT2D eigenvalue weighted by Gasteiger charge is -2.12. The number of rotatable bonds is 3. The van der Waals surface area contributed by atoms with E-state index in [1.807, 2.05) is 6.92 Å². The van der Waals surface area contributed by atoms with Crippen LogP contribution >= 0.6 is 8.07 Å². The summed E-state index contributed by atoms with van der Waals surface area (Å²) in [6, 6.07) is 0. The average molecular weight is 199 g/mol. The van der Waals surface area contributed by atoms with Gasteiger partial charge < -0.3 is 4.74 Å². The quantitative estimate of drug-likeness (QED) is 0.293. The van der Waals surface area contributed by atoms with Gasteiger partial charge in [-0.1, -0.05) is 25.7 Å². The number of hydrogen-bond acceptors (Lipinski definition) is 2. The van der Waals surface area contributed by atoms with Crippen molar-refractivity contribution in [3.05, 3.63) is 21.3 Å². The van der Waals surface area contributed by atoms with Crippen molar-refractivity contribution in [1.29, 1.82) is 0 Å². The van der Waals surface area contributed by atoms with Gasteiger partial charge in [0.15, 0.2) is 0 Å². The summed E-state index contributed by atoms with van der Waals surface area (Å²) in [5.74, 6) is 0. The third-order valence-corrected chi connectivity index (χ3v) is 3.75. The van der Waals surface area contributed by atoms with Crippen LogP contribution in [0.3, 0.4) is 0 Å². The van der Waals surface area contributed by atoms with Crippen molar-refractivity contribution in [2.24, 2.45) is 10.3 Å². The number of allylic oxidation sites excluding steroid dienone is 1. The molecule has 1 unspecified atom stereocenters. The van der Waals surface area contributed by atoms with Crippen molar-refractivity contribution in [1.82, 2.24) is 0 Å². The Hall–Kier alpha value is -0.720. The zero-order valence-corrected chi connectivity index (χ0v) is 9.30. The highest BCUT2D eigenvalue weighted by molar-refractivity contribution is 7.72. The summed E-state index contributed by atoms with van der Waals surface area (Å²) in [7, 11) is -0.752. The van der Waals surface area contributed by atoms with Crippen LogP contribution in [0.5, 0.6) is 0 Å². The number of nitrogens with zero attached hydrogens (tertiary/aromatic N) is 3. The predicted molar refractivity (Wildman–Crippen MR) is 54.2 cm³/mol. The summed E-state index contributed by atoms with van der Waals surface area (Å²) in [5.41, 5.74) is 9.35. The minimum absolute atomic E-state index is 0.0738. The smallest absolute Gasteiger partial charge is 0.133 e. The maximum atomic E-state index is 8.34. The van der Waals surface area contributed by atoms with Gasteiger partial charge in [0, 0.05) is 10.2 Å². The van der Waals surface area contributed by atoms with Gasteiger partial charge in [-0.15, -0.1) is 0 Å². The molecule has 4 nitrogen and oxygen atoms in total. The fourth-order valence-electron chi connectivity index (χ4n) is 1.17. The monoisotopic (exact) mass is 199 g/mol. The van der Waals surface area contributed by atoms with Gasteiger partial charge >= 0.3 is 0 Å². The Morgan fingerprint density at radius 2 is 2.15 bits per heavy atom. The van der Waals surface area contributed by atoms with Crippen LogP contribution in [0.4, 0.5) is 0 Å². The highest BCUT2D eigenvalue weighted by atomic mass is 31.1. The molecule has 0 radical (unpaired) electrons. The Bertz CT molecular complexity index is 286. The maximum Gasteiger partial charge on any atom is 0.133 e. The zero-order valence-electron chi connectivity index (χ0n) is 8.40. The van der Waals surface area contributed by atoms with Crippen molar-refractivity contribution in [2.75, 3.05) is 6.61 Å². The summed E-state index contributed by atoms with van der Waals surface area (Å²) in [6.07, 6.45) is 0. The Balaban J connectivity index is 2.75. The third kappa shape index (κ3) is 2.15. The van der Waals surface area contributed by atoms with Crippen LogP contribution in [0.25, 0.3) is 10.4 Å². The molecule has 0 fully saturated rings. The molecule has 0 bridgehead atoms. The molecule has 1 heterocycles. The van der Waals surface area contributed by atoms with Crippen LogP contribution in [0, 0.1) is 5.41 Å². The molecule has 0 N–H and O–H groups in total. The maximum absolute atomic E-state index is 8.34. The molecule has 0 aromatic heterocycles. The molecule has 1 aliphatic rings. The summed E-state index contributed by atoms with van der Waals surface area (Å²) in [5, 5.41) is 1.20. The first kappa shape index (κ1) is 10.4. The van der Waals surface area contributed by atoms with E-state index in [2.05, 4.69) is 30.6 Å². The summed E-state index contributed by atoms with van der Waals surface area (Å²) in [4.78, 5) is 6.56. The van der Waals surface area contributed by atoms with Crippen molar-refractivity contribution >= 4 is 8.07 Å². The van der Waals surface area contributed by atoms with Crippen LogP contribution in [0.1, 0.15) is 27.7 Å². The molecule has 5 heteroatoms. The van der Waals surface area contributed by atoms with Crippen molar-refractivity contribution in [2.45, 2.75) is 27.7 Å². The minimum Gasteiger partial charge on any atom is -0.493 e. The fraction of sp³-hybridized carbons (Fsp3) is 0.750. The van der Waals surface area contributed by atoms with E-state index in [0.717, 1.165) is 5.50 Å². The van der Waals surface area contributed by atoms with Gasteiger partial charge in [-0.3, -0.25) is 0 Å². The van der Waals surface area contributed by atoms with Gasteiger partial charge in [0.05, 0.1) is 14.7 Å². The predicted octanol–water partition coefficient (Wildman–Crippen LogP) is 3.96. The average Bonchev–Trinajstić information content (AvgIpc) is 2.63. The van der Waals surface area contributed by atoms with Crippen molar-refractivity contribution < 1.29 is 4.74 Å². The second kappa shape index (κ2) is 3.57. The van der Waals surface area contributed by atoms with Crippen LogP contribution in [0.15, 0.2) is 15.7 Å². The van der Waals surface area contributed by atoms with E-state index in [9.17, 15) is 0 Å². The number of ether oxygens (including phenoxy) is 1. The van der Waals surface area contributed by atoms with E-state index in [4.69, 9.17) is 10.3 Å². The largest absolute Gasteiger partial charge is 0.493 e. The lowest BCUT2D eigenvalue weighted by atomic mass is 9.97. The molecule has 0 saturated carbocycles. The van der Waals surface area contributed by atoms with Gasteiger partial charge in [0.2, 0.25) is 0 Å². The normalized spacial score (nSPS) is 21.1. The van der Waals surface area contributed by atoms with E-state index in [0.29, 0.717) is 6.61 Å². The van der Waals surface area contributed by atoms with Gasteiger partial charge in [0.1, 0.15) is 5.50 Å². The zero-order chi connectivity index (χ0) is 10.1. The molecular weight excluding hydrogens is 185 g/mol. The van der Waals surface area contributed by atoms with E-state index < -0.39 is 8.07 Å². The molecule has 0 amide bonds. The van der Waals surface area contributed by atoms with Gasteiger partial charge in [-0.25, -0.2) is 0 Å². The summed E-state index contributed by atoms with van der Waals surface area (Å²) < 4.78 is 5.40.